The van der Waals surface area contributed by atoms with E-state index >= 15 is 0 Å². The van der Waals surface area contributed by atoms with Crippen molar-refractivity contribution in [3.8, 4) is 0 Å². The molecule has 5 nitrogen and oxygen atoms in total. The molecule has 0 aliphatic carbocycles. The molecule has 0 atom stereocenters. The number of aromatic nitrogens is 2. The van der Waals surface area contributed by atoms with E-state index in [1.54, 1.807) is 11.3 Å². The number of aryl methyl sites for hydroxylation is 2. The number of nitrogens with zero attached hydrogens (tertiary/aromatic N) is 3. The number of nitrogens with one attached hydrogen (secondary N) is 1. The summed E-state index contributed by atoms with van der Waals surface area (Å²) >= 11 is 1.55. The fourth-order valence-corrected chi connectivity index (χ4v) is 3.83. The molecule has 2 aromatic heterocycles. The summed E-state index contributed by atoms with van der Waals surface area (Å²) in [6.45, 7) is 10.1. The lowest BCUT2D eigenvalue weighted by Crippen LogP contribution is -2.44. The second-order valence-electron chi connectivity index (χ2n) is 7.03. The van der Waals surface area contributed by atoms with Gasteiger partial charge in [0.2, 0.25) is 0 Å². The van der Waals surface area contributed by atoms with Crippen LogP contribution in [0.25, 0.3) is 0 Å². The quantitative estimate of drug-likeness (QED) is 0.906. The number of piperidine rings is 1. The van der Waals surface area contributed by atoms with Gasteiger partial charge in [-0.25, -0.2) is 9.97 Å². The maximum Gasteiger partial charge on any atom is 0.261 e. The van der Waals surface area contributed by atoms with Crippen LogP contribution in [0.2, 0.25) is 0 Å². The van der Waals surface area contributed by atoms with Crippen molar-refractivity contribution in [2.45, 2.75) is 52.5 Å². The largest absolute Gasteiger partial charge is 0.356 e. The highest BCUT2D eigenvalue weighted by molar-refractivity contribution is 7.13. The molecule has 1 aliphatic rings. The molecule has 0 saturated carbocycles. The minimum atomic E-state index is 0.0523. The maximum atomic E-state index is 12.3. The summed E-state index contributed by atoms with van der Waals surface area (Å²) in [5.74, 6) is 2.29. The number of thiophene rings is 1. The summed E-state index contributed by atoms with van der Waals surface area (Å²) < 4.78 is 0. The Bertz CT molecular complexity index is 748. The predicted molar refractivity (Wildman–Crippen MR) is 103 cm³/mol. The topological polar surface area (TPSA) is 58.1 Å². The average molecular weight is 359 g/mol. The van der Waals surface area contributed by atoms with E-state index in [0.29, 0.717) is 5.92 Å². The molecule has 0 unspecified atom stereocenters. The molecule has 0 aromatic carbocycles. The summed E-state index contributed by atoms with van der Waals surface area (Å²) in [4.78, 5) is 25.8. The van der Waals surface area contributed by atoms with Gasteiger partial charge in [0.25, 0.3) is 5.91 Å². The molecular weight excluding hydrogens is 332 g/mol. The normalized spacial score (nSPS) is 15.6. The van der Waals surface area contributed by atoms with Gasteiger partial charge in [-0.2, -0.15) is 0 Å². The monoisotopic (exact) mass is 358 g/mol. The van der Waals surface area contributed by atoms with Crippen LogP contribution in [0.3, 0.4) is 0 Å². The van der Waals surface area contributed by atoms with E-state index in [4.69, 9.17) is 4.98 Å². The number of rotatable bonds is 4. The van der Waals surface area contributed by atoms with Crippen molar-refractivity contribution in [1.82, 2.24) is 15.3 Å². The second kappa shape index (κ2) is 7.52. The Morgan fingerprint density at radius 3 is 2.56 bits per heavy atom. The first-order chi connectivity index (χ1) is 11.9. The number of hydrogen-bond donors (Lipinski definition) is 1. The van der Waals surface area contributed by atoms with Gasteiger partial charge in [-0.05, 0) is 38.8 Å². The zero-order valence-electron chi connectivity index (χ0n) is 15.4. The third kappa shape index (κ3) is 4.37. The van der Waals surface area contributed by atoms with E-state index in [1.807, 2.05) is 26.0 Å². The molecule has 0 bridgehead atoms. The average Bonchev–Trinajstić information content (AvgIpc) is 3.01. The van der Waals surface area contributed by atoms with Crippen LogP contribution >= 0.6 is 11.3 Å². The Kier molecular flexibility index (Phi) is 5.37. The summed E-state index contributed by atoms with van der Waals surface area (Å²) in [7, 11) is 0. The molecule has 2 aromatic rings. The molecule has 134 valence electrons. The molecule has 25 heavy (non-hydrogen) atoms. The SMILES string of the molecule is Cc1cc(N2CCC(NC(=O)c3ccc(C)s3)CC2)nc(C(C)C)n1. The lowest BCUT2D eigenvalue weighted by molar-refractivity contribution is 0.0935. The molecular formula is C19H26N4OS. The van der Waals surface area contributed by atoms with E-state index in [0.717, 1.165) is 48.1 Å². The highest BCUT2D eigenvalue weighted by atomic mass is 32.1. The third-order valence-electron chi connectivity index (χ3n) is 4.49. The van der Waals surface area contributed by atoms with Crippen molar-refractivity contribution in [2.75, 3.05) is 18.0 Å². The van der Waals surface area contributed by atoms with Gasteiger partial charge in [-0.1, -0.05) is 13.8 Å². The van der Waals surface area contributed by atoms with Crippen molar-refractivity contribution in [2.24, 2.45) is 0 Å². The minimum absolute atomic E-state index is 0.0523. The fraction of sp³-hybridized carbons (Fsp3) is 0.526. The van der Waals surface area contributed by atoms with Gasteiger partial charge in [0.05, 0.1) is 4.88 Å². The van der Waals surface area contributed by atoms with E-state index < -0.39 is 0 Å². The van der Waals surface area contributed by atoms with Gasteiger partial charge < -0.3 is 10.2 Å². The Labute approximate surface area is 153 Å². The van der Waals surface area contributed by atoms with Crippen molar-refractivity contribution in [1.29, 1.82) is 0 Å². The summed E-state index contributed by atoms with van der Waals surface area (Å²) in [6, 6.07) is 6.19. The smallest absolute Gasteiger partial charge is 0.261 e. The third-order valence-corrected chi connectivity index (χ3v) is 5.49. The van der Waals surface area contributed by atoms with E-state index in [2.05, 4.69) is 35.1 Å². The van der Waals surface area contributed by atoms with Crippen LogP contribution in [0.15, 0.2) is 18.2 Å². The van der Waals surface area contributed by atoms with Gasteiger partial charge in [0.1, 0.15) is 11.6 Å². The molecule has 3 heterocycles. The van der Waals surface area contributed by atoms with Crippen LogP contribution in [0.1, 0.15) is 58.7 Å². The summed E-state index contributed by atoms with van der Waals surface area (Å²) in [6.07, 6.45) is 1.88. The molecule has 1 N–H and O–H groups in total. The lowest BCUT2D eigenvalue weighted by atomic mass is 10.0. The molecule has 1 amide bonds. The molecule has 3 rings (SSSR count). The number of carbonyl (C=O) groups is 1. The first kappa shape index (κ1) is 17.9. The van der Waals surface area contributed by atoms with Crippen LogP contribution in [0, 0.1) is 13.8 Å². The standard InChI is InChI=1S/C19H26N4OS/c1-12(2)18-20-13(3)11-17(22-18)23-9-7-15(8-10-23)21-19(24)16-6-5-14(4)25-16/h5-6,11-12,15H,7-10H2,1-4H3,(H,21,24). The maximum absolute atomic E-state index is 12.3. The summed E-state index contributed by atoms with van der Waals surface area (Å²) in [5.41, 5.74) is 1.01. The van der Waals surface area contributed by atoms with E-state index in [-0.39, 0.29) is 11.9 Å². The Morgan fingerprint density at radius 1 is 1.24 bits per heavy atom. The van der Waals surface area contributed by atoms with Gasteiger partial charge >= 0.3 is 0 Å². The van der Waals surface area contributed by atoms with E-state index in [1.165, 1.54) is 4.88 Å². The van der Waals surface area contributed by atoms with Crippen LogP contribution in [-0.4, -0.2) is 35.0 Å². The fourth-order valence-electron chi connectivity index (χ4n) is 3.06. The Hall–Kier alpha value is -1.95. The lowest BCUT2D eigenvalue weighted by Gasteiger charge is -2.33. The zero-order valence-corrected chi connectivity index (χ0v) is 16.2. The molecule has 1 saturated heterocycles. The molecule has 1 aliphatic heterocycles. The van der Waals surface area contributed by atoms with Crippen molar-refractivity contribution in [3.63, 3.8) is 0 Å². The van der Waals surface area contributed by atoms with Crippen LogP contribution in [0.5, 0.6) is 0 Å². The van der Waals surface area contributed by atoms with Crippen LogP contribution in [-0.2, 0) is 0 Å². The molecule has 0 radical (unpaired) electrons. The number of amides is 1. The molecule has 0 spiro atoms. The van der Waals surface area contributed by atoms with Crippen molar-refractivity contribution >= 4 is 23.1 Å². The zero-order chi connectivity index (χ0) is 18.0. The molecule has 6 heteroatoms. The van der Waals surface area contributed by atoms with Crippen molar-refractivity contribution in [3.05, 3.63) is 39.5 Å². The van der Waals surface area contributed by atoms with Gasteiger partial charge in [-0.15, -0.1) is 11.3 Å². The van der Waals surface area contributed by atoms with Crippen LogP contribution < -0.4 is 10.2 Å². The number of anilines is 1. The summed E-state index contributed by atoms with van der Waals surface area (Å²) in [5, 5.41) is 3.17. The van der Waals surface area contributed by atoms with Gasteiger partial charge in [0, 0.05) is 41.7 Å². The first-order valence-corrected chi connectivity index (χ1v) is 9.72. The highest BCUT2D eigenvalue weighted by Gasteiger charge is 2.23. The number of carbonyl (C=O) groups excluding carboxylic acids is 1. The minimum Gasteiger partial charge on any atom is -0.356 e. The number of hydrogen-bond acceptors (Lipinski definition) is 5. The van der Waals surface area contributed by atoms with Gasteiger partial charge in [0.15, 0.2) is 0 Å². The predicted octanol–water partition coefficient (Wildman–Crippen LogP) is 3.68. The highest BCUT2D eigenvalue weighted by Crippen LogP contribution is 2.22. The Balaban J connectivity index is 1.59. The van der Waals surface area contributed by atoms with E-state index in [9.17, 15) is 4.79 Å². The Morgan fingerprint density at radius 2 is 1.96 bits per heavy atom. The van der Waals surface area contributed by atoms with Gasteiger partial charge in [-0.3, -0.25) is 4.79 Å². The van der Waals surface area contributed by atoms with Crippen LogP contribution in [0.4, 0.5) is 5.82 Å². The second-order valence-corrected chi connectivity index (χ2v) is 8.31. The molecule has 1 fully saturated rings. The first-order valence-electron chi connectivity index (χ1n) is 8.90. The van der Waals surface area contributed by atoms with Crippen molar-refractivity contribution < 1.29 is 4.79 Å².